The van der Waals surface area contributed by atoms with Gasteiger partial charge in [0.15, 0.2) is 0 Å². The fraction of sp³-hybridized carbons (Fsp3) is 0.188. The molecule has 2 aromatic rings. The molecule has 0 fully saturated rings. The Balaban J connectivity index is 2.23. The Kier molecular flexibility index (Phi) is 5.51. The van der Waals surface area contributed by atoms with Crippen LogP contribution in [0, 0.1) is 0 Å². The number of nitrogens with one attached hydrogen (secondary N) is 2. The monoisotopic (exact) mass is 314 g/mol. The van der Waals surface area contributed by atoms with Crippen LogP contribution in [0.25, 0.3) is 0 Å². The number of hydrogen-bond acceptors (Lipinski definition) is 6. The molecule has 23 heavy (non-hydrogen) atoms. The van der Waals surface area contributed by atoms with E-state index in [1.165, 1.54) is 12.3 Å². The molecule has 7 heteroatoms. The van der Waals surface area contributed by atoms with Crippen LogP contribution in [0.5, 0.6) is 11.5 Å². The minimum Gasteiger partial charge on any atom is -0.497 e. The maximum atomic E-state index is 11.9. The third kappa shape index (κ3) is 4.19. The van der Waals surface area contributed by atoms with Crippen molar-refractivity contribution in [1.29, 1.82) is 0 Å². The maximum absolute atomic E-state index is 11.9. The van der Waals surface area contributed by atoms with Gasteiger partial charge in [-0.1, -0.05) is 6.08 Å². The molecule has 0 aliphatic heterocycles. The largest absolute Gasteiger partial charge is 0.497 e. The summed E-state index contributed by atoms with van der Waals surface area (Å²) < 4.78 is 10.5. The van der Waals surface area contributed by atoms with Gasteiger partial charge in [0.2, 0.25) is 5.95 Å². The quantitative estimate of drug-likeness (QED) is 0.762. The zero-order chi connectivity index (χ0) is 16.7. The number of carbonyl (C=O) groups excluding carboxylic acids is 1. The number of carbonyl (C=O) groups is 1. The van der Waals surface area contributed by atoms with Crippen LogP contribution in [-0.4, -0.2) is 36.6 Å². The van der Waals surface area contributed by atoms with Crippen LogP contribution in [0.2, 0.25) is 0 Å². The lowest BCUT2D eigenvalue weighted by Crippen LogP contribution is -2.24. The molecule has 0 atom stereocenters. The predicted octanol–water partition coefficient (Wildman–Crippen LogP) is 2.15. The van der Waals surface area contributed by atoms with Crippen LogP contribution in [0.1, 0.15) is 10.5 Å². The van der Waals surface area contributed by atoms with Crippen LogP contribution in [-0.2, 0) is 0 Å². The van der Waals surface area contributed by atoms with E-state index >= 15 is 0 Å². The minimum atomic E-state index is -0.298. The minimum absolute atomic E-state index is 0.256. The molecular weight excluding hydrogens is 296 g/mol. The number of aromatic nitrogens is 2. The summed E-state index contributed by atoms with van der Waals surface area (Å²) in [5.41, 5.74) is 0.890. The summed E-state index contributed by atoms with van der Waals surface area (Å²) >= 11 is 0. The van der Waals surface area contributed by atoms with Crippen molar-refractivity contribution in [2.75, 3.05) is 26.1 Å². The number of ether oxygens (including phenoxy) is 2. The Hall–Kier alpha value is -3.09. The normalized spacial score (nSPS) is 9.83. The summed E-state index contributed by atoms with van der Waals surface area (Å²) in [7, 11) is 3.14. The predicted molar refractivity (Wildman–Crippen MR) is 87.4 cm³/mol. The van der Waals surface area contributed by atoms with Gasteiger partial charge in [-0.3, -0.25) is 4.79 Å². The van der Waals surface area contributed by atoms with Crippen LogP contribution in [0.4, 0.5) is 11.6 Å². The van der Waals surface area contributed by atoms with E-state index in [2.05, 4.69) is 27.2 Å². The number of rotatable bonds is 7. The van der Waals surface area contributed by atoms with Crippen LogP contribution in [0.15, 0.2) is 43.1 Å². The first-order valence-electron chi connectivity index (χ1n) is 6.89. The Labute approximate surface area is 134 Å². The molecule has 0 aliphatic rings. The molecule has 1 aromatic heterocycles. The highest BCUT2D eigenvalue weighted by Crippen LogP contribution is 2.30. The summed E-state index contributed by atoms with van der Waals surface area (Å²) in [5.74, 6) is 1.25. The second kappa shape index (κ2) is 7.79. The van der Waals surface area contributed by atoms with Gasteiger partial charge in [0.25, 0.3) is 5.91 Å². The summed E-state index contributed by atoms with van der Waals surface area (Å²) in [4.78, 5) is 20.2. The summed E-state index contributed by atoms with van der Waals surface area (Å²) in [6.07, 6.45) is 3.10. The van der Waals surface area contributed by atoms with Gasteiger partial charge in [0.1, 0.15) is 17.2 Å². The second-order valence-electron chi connectivity index (χ2n) is 4.46. The van der Waals surface area contributed by atoms with E-state index in [-0.39, 0.29) is 17.5 Å². The lowest BCUT2D eigenvalue weighted by molar-refractivity contribution is 0.0953. The molecule has 0 radical (unpaired) electrons. The second-order valence-corrected chi connectivity index (χ2v) is 4.46. The topological polar surface area (TPSA) is 85.4 Å². The average Bonchev–Trinajstić information content (AvgIpc) is 2.59. The number of nitrogens with zero attached hydrogens (tertiary/aromatic N) is 2. The van der Waals surface area contributed by atoms with Crippen LogP contribution < -0.4 is 20.1 Å². The molecule has 0 unspecified atom stereocenters. The number of amides is 1. The fourth-order valence-electron chi connectivity index (χ4n) is 1.83. The van der Waals surface area contributed by atoms with Crippen molar-refractivity contribution in [3.05, 3.63) is 48.8 Å². The van der Waals surface area contributed by atoms with Crippen LogP contribution in [0.3, 0.4) is 0 Å². The maximum Gasteiger partial charge on any atom is 0.270 e. The molecule has 1 amide bonds. The summed E-state index contributed by atoms with van der Waals surface area (Å²) in [6, 6.07) is 6.84. The van der Waals surface area contributed by atoms with E-state index in [9.17, 15) is 4.79 Å². The third-order valence-corrected chi connectivity index (χ3v) is 2.95. The third-order valence-electron chi connectivity index (χ3n) is 2.95. The molecule has 0 aliphatic carbocycles. The Morgan fingerprint density at radius 2 is 2.13 bits per heavy atom. The average molecular weight is 314 g/mol. The van der Waals surface area contributed by atoms with E-state index in [0.717, 1.165) is 0 Å². The smallest absolute Gasteiger partial charge is 0.270 e. The molecule has 0 bridgehead atoms. The van der Waals surface area contributed by atoms with Crippen molar-refractivity contribution >= 4 is 17.5 Å². The first-order valence-corrected chi connectivity index (χ1v) is 6.89. The van der Waals surface area contributed by atoms with Gasteiger partial charge in [-0.05, 0) is 18.2 Å². The molecule has 120 valence electrons. The van der Waals surface area contributed by atoms with Gasteiger partial charge >= 0.3 is 0 Å². The fourth-order valence-corrected chi connectivity index (χ4v) is 1.83. The SMILES string of the molecule is C=CCNC(=O)c1ccnc(Nc2cc(OC)ccc2OC)n1. The number of methoxy groups -OCH3 is 2. The molecular formula is C16H18N4O3. The summed E-state index contributed by atoms with van der Waals surface area (Å²) in [6.45, 7) is 3.92. The van der Waals surface area contributed by atoms with E-state index < -0.39 is 0 Å². The molecule has 0 saturated heterocycles. The van der Waals surface area contributed by atoms with Gasteiger partial charge in [0.05, 0.1) is 19.9 Å². The van der Waals surface area contributed by atoms with Crippen molar-refractivity contribution in [2.24, 2.45) is 0 Å². The first-order chi connectivity index (χ1) is 11.2. The zero-order valence-electron chi connectivity index (χ0n) is 13.0. The van der Waals surface area contributed by atoms with Crippen molar-refractivity contribution in [3.63, 3.8) is 0 Å². The van der Waals surface area contributed by atoms with Gasteiger partial charge in [-0.25, -0.2) is 9.97 Å². The van der Waals surface area contributed by atoms with Gasteiger partial charge in [-0.15, -0.1) is 6.58 Å². The molecule has 2 N–H and O–H groups in total. The van der Waals surface area contributed by atoms with E-state index in [0.29, 0.717) is 23.7 Å². The number of benzene rings is 1. The van der Waals surface area contributed by atoms with Gasteiger partial charge in [-0.2, -0.15) is 0 Å². The molecule has 0 saturated carbocycles. The summed E-state index contributed by atoms with van der Waals surface area (Å²) in [5, 5.41) is 5.68. The van der Waals surface area contributed by atoms with Gasteiger partial charge < -0.3 is 20.1 Å². The van der Waals surface area contributed by atoms with Crippen molar-refractivity contribution in [2.45, 2.75) is 0 Å². The molecule has 0 spiro atoms. The lowest BCUT2D eigenvalue weighted by Gasteiger charge is -2.12. The first kappa shape index (κ1) is 16.3. The molecule has 2 rings (SSSR count). The zero-order valence-corrected chi connectivity index (χ0v) is 13.0. The highest BCUT2D eigenvalue weighted by Gasteiger charge is 2.10. The molecule has 7 nitrogen and oxygen atoms in total. The Morgan fingerprint density at radius 1 is 1.30 bits per heavy atom. The molecule has 1 aromatic carbocycles. The van der Waals surface area contributed by atoms with Gasteiger partial charge in [0, 0.05) is 18.8 Å². The van der Waals surface area contributed by atoms with Crippen molar-refractivity contribution in [3.8, 4) is 11.5 Å². The Bertz CT molecular complexity index is 703. The van der Waals surface area contributed by atoms with E-state index in [4.69, 9.17) is 9.47 Å². The highest BCUT2D eigenvalue weighted by molar-refractivity contribution is 5.92. The number of hydrogen-bond donors (Lipinski definition) is 2. The Morgan fingerprint density at radius 3 is 2.83 bits per heavy atom. The van der Waals surface area contributed by atoms with Crippen molar-refractivity contribution in [1.82, 2.24) is 15.3 Å². The lowest BCUT2D eigenvalue weighted by atomic mass is 10.2. The molecule has 1 heterocycles. The van der Waals surface area contributed by atoms with E-state index in [1.54, 1.807) is 38.5 Å². The number of anilines is 2. The standard InChI is InChI=1S/C16H18N4O3/c1-4-8-17-15(21)12-7-9-18-16(19-12)20-13-10-11(22-2)5-6-14(13)23-3/h4-7,9-10H,1,8H2,2-3H3,(H,17,21)(H,18,19,20). The highest BCUT2D eigenvalue weighted by atomic mass is 16.5. The van der Waals surface area contributed by atoms with Crippen LogP contribution >= 0.6 is 0 Å². The van der Waals surface area contributed by atoms with E-state index in [1.807, 2.05) is 0 Å². The van der Waals surface area contributed by atoms with Crippen molar-refractivity contribution < 1.29 is 14.3 Å².